The molecule has 0 saturated carbocycles. The van der Waals surface area contributed by atoms with Crippen LogP contribution in [-0.4, -0.2) is 37.7 Å². The summed E-state index contributed by atoms with van der Waals surface area (Å²) in [5.41, 5.74) is 0.977. The summed E-state index contributed by atoms with van der Waals surface area (Å²) < 4.78 is 11.2. The van der Waals surface area contributed by atoms with E-state index in [2.05, 4.69) is 27.9 Å². The largest absolute Gasteiger partial charge is 0.467 e. The second-order valence-corrected chi connectivity index (χ2v) is 6.17. The number of nitrogens with one attached hydrogen (secondary N) is 1. The minimum absolute atomic E-state index is 0.242. The fraction of sp³-hybridized carbons (Fsp3) is 0.467. The van der Waals surface area contributed by atoms with Gasteiger partial charge in [0.15, 0.2) is 0 Å². The molecule has 0 unspecified atom stereocenters. The number of ether oxygens (including phenoxy) is 2. The van der Waals surface area contributed by atoms with Crippen LogP contribution in [0.3, 0.4) is 0 Å². The monoisotopic (exact) mass is 403 g/mol. The van der Waals surface area contributed by atoms with E-state index in [-0.39, 0.29) is 5.91 Å². The van der Waals surface area contributed by atoms with E-state index in [1.807, 2.05) is 24.3 Å². The smallest absolute Gasteiger partial charge is 0.328 e. The second kappa shape index (κ2) is 7.74. The zero-order valence-electron chi connectivity index (χ0n) is 11.8. The van der Waals surface area contributed by atoms with Crippen molar-refractivity contribution in [3.8, 4) is 0 Å². The quantitative estimate of drug-likeness (QED) is 0.600. The maximum absolute atomic E-state index is 12.1. The van der Waals surface area contributed by atoms with Gasteiger partial charge >= 0.3 is 5.97 Å². The Morgan fingerprint density at radius 2 is 2.33 bits per heavy atom. The number of carbonyl (C=O) groups is 2. The molecule has 5 nitrogen and oxygen atoms in total. The molecule has 1 N–H and O–H groups in total. The molecule has 0 radical (unpaired) electrons. The summed E-state index contributed by atoms with van der Waals surface area (Å²) in [5, 5.41) is 2.74. The van der Waals surface area contributed by atoms with Crippen molar-refractivity contribution in [2.45, 2.75) is 31.4 Å². The van der Waals surface area contributed by atoms with Crippen LogP contribution in [0.25, 0.3) is 0 Å². The zero-order valence-corrected chi connectivity index (χ0v) is 14.0. The van der Waals surface area contributed by atoms with E-state index in [1.54, 1.807) is 0 Å². The molecule has 1 aliphatic rings. The fourth-order valence-electron chi connectivity index (χ4n) is 2.28. The van der Waals surface area contributed by atoms with Gasteiger partial charge in [-0.15, -0.1) is 0 Å². The molecule has 1 heterocycles. The zero-order chi connectivity index (χ0) is 15.2. The lowest BCUT2D eigenvalue weighted by Crippen LogP contribution is -2.47. The van der Waals surface area contributed by atoms with Gasteiger partial charge in [0.1, 0.15) is 12.1 Å². The highest BCUT2D eigenvalue weighted by Gasteiger charge is 2.28. The average molecular weight is 403 g/mol. The molecule has 0 spiro atoms. The number of methoxy groups -OCH3 is 1. The Morgan fingerprint density at radius 1 is 1.52 bits per heavy atom. The first kappa shape index (κ1) is 16.2. The summed E-state index contributed by atoms with van der Waals surface area (Å²) in [5.74, 6) is -0.686. The first-order valence-corrected chi connectivity index (χ1v) is 7.92. The van der Waals surface area contributed by atoms with Crippen molar-refractivity contribution in [1.29, 1.82) is 0 Å². The number of amides is 1. The van der Waals surface area contributed by atoms with Crippen LogP contribution in [-0.2, 0) is 25.5 Å². The lowest BCUT2D eigenvalue weighted by molar-refractivity contribution is -0.146. The molecular formula is C15H18INO4. The van der Waals surface area contributed by atoms with Gasteiger partial charge in [-0.3, -0.25) is 4.79 Å². The lowest BCUT2D eigenvalue weighted by atomic mass is 10.1. The summed E-state index contributed by atoms with van der Waals surface area (Å²) in [4.78, 5) is 24.0. The van der Waals surface area contributed by atoms with Gasteiger partial charge in [0.05, 0.1) is 7.11 Å². The van der Waals surface area contributed by atoms with Crippen molar-refractivity contribution in [2.75, 3.05) is 13.7 Å². The first-order chi connectivity index (χ1) is 10.1. The molecule has 2 atom stereocenters. The highest BCUT2D eigenvalue weighted by Crippen LogP contribution is 2.14. The maximum Gasteiger partial charge on any atom is 0.328 e. The van der Waals surface area contributed by atoms with Gasteiger partial charge in [-0.25, -0.2) is 4.79 Å². The van der Waals surface area contributed by atoms with Crippen LogP contribution in [0.15, 0.2) is 24.3 Å². The van der Waals surface area contributed by atoms with E-state index in [1.165, 1.54) is 7.11 Å². The third kappa shape index (κ3) is 4.67. The molecule has 21 heavy (non-hydrogen) atoms. The Kier molecular flexibility index (Phi) is 5.98. The van der Waals surface area contributed by atoms with Crippen LogP contribution in [0, 0.1) is 3.57 Å². The molecule has 2 rings (SSSR count). The number of halogens is 1. The summed E-state index contributed by atoms with van der Waals surface area (Å²) in [6.45, 7) is 0.595. The number of rotatable bonds is 5. The van der Waals surface area contributed by atoms with Crippen LogP contribution in [0.1, 0.15) is 18.4 Å². The average Bonchev–Trinajstić information content (AvgIpc) is 3.00. The Balaban J connectivity index is 2.03. The Bertz CT molecular complexity index is 514. The lowest BCUT2D eigenvalue weighted by Gasteiger charge is -2.19. The molecule has 1 aromatic carbocycles. The number of esters is 1. The second-order valence-electron chi connectivity index (χ2n) is 4.92. The summed E-state index contributed by atoms with van der Waals surface area (Å²) in [6, 6.07) is 7.12. The third-order valence-corrected chi connectivity index (χ3v) is 4.02. The molecule has 0 aliphatic carbocycles. The molecule has 1 fully saturated rings. The van der Waals surface area contributed by atoms with E-state index in [0.29, 0.717) is 19.4 Å². The molecule has 1 saturated heterocycles. The molecule has 1 aliphatic heterocycles. The van der Waals surface area contributed by atoms with Gasteiger partial charge in [0.2, 0.25) is 5.91 Å². The van der Waals surface area contributed by atoms with Crippen LogP contribution >= 0.6 is 22.6 Å². The van der Waals surface area contributed by atoms with E-state index in [9.17, 15) is 9.59 Å². The minimum Gasteiger partial charge on any atom is -0.467 e. The predicted octanol–water partition coefficient (Wildman–Crippen LogP) is 1.67. The third-order valence-electron chi connectivity index (χ3n) is 3.35. The molecule has 1 amide bonds. The van der Waals surface area contributed by atoms with Gasteiger partial charge < -0.3 is 14.8 Å². The Morgan fingerprint density at radius 3 is 2.95 bits per heavy atom. The standard InChI is InChI=1S/C15H18INO4/c1-20-15(19)12(9-10-4-2-5-11(16)8-10)17-14(18)13-6-3-7-21-13/h2,4-5,8,12-13H,3,6-7,9H2,1H3,(H,17,18)/t12-,13-/m0/s1. The van der Waals surface area contributed by atoms with Gasteiger partial charge in [0.25, 0.3) is 0 Å². The van der Waals surface area contributed by atoms with E-state index >= 15 is 0 Å². The maximum atomic E-state index is 12.1. The number of benzene rings is 1. The van der Waals surface area contributed by atoms with Crippen molar-refractivity contribution in [2.24, 2.45) is 0 Å². The summed E-state index contributed by atoms with van der Waals surface area (Å²) in [7, 11) is 1.32. The van der Waals surface area contributed by atoms with Crippen molar-refractivity contribution < 1.29 is 19.1 Å². The Hall–Kier alpha value is -1.15. The van der Waals surface area contributed by atoms with Crippen molar-refractivity contribution >= 4 is 34.5 Å². The molecule has 0 aromatic heterocycles. The summed E-state index contributed by atoms with van der Waals surface area (Å²) >= 11 is 2.21. The SMILES string of the molecule is COC(=O)[C@H](Cc1cccc(I)c1)NC(=O)[C@@H]1CCCO1. The molecule has 6 heteroatoms. The topological polar surface area (TPSA) is 64.6 Å². The van der Waals surface area contributed by atoms with Crippen molar-refractivity contribution in [3.63, 3.8) is 0 Å². The highest BCUT2D eigenvalue weighted by atomic mass is 127. The van der Waals surface area contributed by atoms with Crippen LogP contribution in [0.2, 0.25) is 0 Å². The number of hydrogen-bond donors (Lipinski definition) is 1. The Labute approximate surface area is 137 Å². The fourth-order valence-corrected chi connectivity index (χ4v) is 2.89. The molecule has 1 aromatic rings. The van der Waals surface area contributed by atoms with Gasteiger partial charge in [-0.1, -0.05) is 12.1 Å². The highest BCUT2D eigenvalue weighted by molar-refractivity contribution is 14.1. The van der Waals surface area contributed by atoms with Gasteiger partial charge in [-0.05, 0) is 53.1 Å². The van der Waals surface area contributed by atoms with Crippen molar-refractivity contribution in [3.05, 3.63) is 33.4 Å². The first-order valence-electron chi connectivity index (χ1n) is 6.84. The molecule has 114 valence electrons. The molecule has 0 bridgehead atoms. The van der Waals surface area contributed by atoms with Crippen molar-refractivity contribution in [1.82, 2.24) is 5.32 Å². The predicted molar refractivity (Wildman–Crippen MR) is 85.8 cm³/mol. The van der Waals surface area contributed by atoms with E-state index < -0.39 is 18.1 Å². The minimum atomic E-state index is -0.690. The van der Waals surface area contributed by atoms with E-state index in [0.717, 1.165) is 15.6 Å². The summed E-state index contributed by atoms with van der Waals surface area (Å²) in [6.07, 6.45) is 1.52. The van der Waals surface area contributed by atoms with Crippen LogP contribution in [0.4, 0.5) is 0 Å². The normalized spacial score (nSPS) is 19.0. The van der Waals surface area contributed by atoms with Crippen LogP contribution in [0.5, 0.6) is 0 Å². The van der Waals surface area contributed by atoms with Gasteiger partial charge in [-0.2, -0.15) is 0 Å². The van der Waals surface area contributed by atoms with Gasteiger partial charge in [0, 0.05) is 16.6 Å². The number of carbonyl (C=O) groups excluding carboxylic acids is 2. The number of hydrogen-bond acceptors (Lipinski definition) is 4. The van der Waals surface area contributed by atoms with E-state index in [4.69, 9.17) is 9.47 Å². The molecular weight excluding hydrogens is 385 g/mol. The van der Waals surface area contributed by atoms with Crippen LogP contribution < -0.4 is 5.32 Å².